The Bertz CT molecular complexity index is 128. The maximum Gasteiger partial charge on any atom is 0.0157 e. The Morgan fingerprint density at radius 2 is 2.50 bits per heavy atom. The summed E-state index contributed by atoms with van der Waals surface area (Å²) in [5.74, 6) is 0.851. The normalized spacial score (nSPS) is 24.3. The third-order valence-electron chi connectivity index (χ3n) is 2.41. The molecular weight excluding hydrogens is 148 g/mol. The zero-order valence-corrected chi connectivity index (χ0v) is 8.05. The highest BCUT2D eigenvalue weighted by Gasteiger charge is 2.13. The molecule has 1 rings (SSSR count). The molecule has 1 N–H and O–H groups in total. The smallest absolute Gasteiger partial charge is 0.0157 e. The molecule has 1 aliphatic heterocycles. The lowest BCUT2D eigenvalue weighted by atomic mass is 9.99. The first kappa shape index (κ1) is 9.75. The molecule has 0 spiro atoms. The molecule has 1 saturated heterocycles. The molecule has 2 heteroatoms. The van der Waals surface area contributed by atoms with Crippen molar-refractivity contribution in [3.05, 3.63) is 12.7 Å². The molecule has 1 aliphatic rings. The monoisotopic (exact) mass is 168 g/mol. The topological polar surface area (TPSA) is 15.3 Å². The minimum atomic E-state index is 0.851. The van der Waals surface area contributed by atoms with Crippen molar-refractivity contribution in [3.8, 4) is 0 Å². The molecule has 0 saturated carbocycles. The van der Waals surface area contributed by atoms with E-state index in [-0.39, 0.29) is 0 Å². The van der Waals surface area contributed by atoms with Crippen LogP contribution in [0.5, 0.6) is 0 Å². The molecule has 1 atom stereocenters. The van der Waals surface area contributed by atoms with Gasteiger partial charge in [0, 0.05) is 13.1 Å². The molecule has 12 heavy (non-hydrogen) atoms. The van der Waals surface area contributed by atoms with Crippen LogP contribution in [-0.4, -0.2) is 38.1 Å². The molecule has 0 aromatic rings. The molecule has 0 bridgehead atoms. The average Bonchev–Trinajstić information content (AvgIpc) is 2.06. The number of nitrogens with one attached hydrogen (secondary N) is 1. The van der Waals surface area contributed by atoms with Gasteiger partial charge in [-0.05, 0) is 38.9 Å². The van der Waals surface area contributed by atoms with E-state index in [1.165, 1.54) is 32.5 Å². The van der Waals surface area contributed by atoms with Crippen LogP contribution in [0, 0.1) is 5.92 Å². The third kappa shape index (κ3) is 3.37. The fraction of sp³-hybridized carbons (Fsp3) is 0.800. The maximum absolute atomic E-state index is 3.74. The summed E-state index contributed by atoms with van der Waals surface area (Å²) in [7, 11) is 2.16. The van der Waals surface area contributed by atoms with Crippen LogP contribution in [0.2, 0.25) is 0 Å². The summed E-state index contributed by atoms with van der Waals surface area (Å²) >= 11 is 0. The number of nitrogens with zero attached hydrogens (tertiary/aromatic N) is 1. The van der Waals surface area contributed by atoms with Crippen LogP contribution in [0.1, 0.15) is 12.8 Å². The first-order valence-corrected chi connectivity index (χ1v) is 4.83. The fourth-order valence-corrected chi connectivity index (χ4v) is 1.82. The largest absolute Gasteiger partial charge is 0.316 e. The van der Waals surface area contributed by atoms with Crippen molar-refractivity contribution in [1.29, 1.82) is 0 Å². The SMILES string of the molecule is C=CCN(C)CC1CCCNC1. The van der Waals surface area contributed by atoms with Gasteiger partial charge in [-0.1, -0.05) is 6.08 Å². The van der Waals surface area contributed by atoms with E-state index in [0.29, 0.717) is 0 Å². The van der Waals surface area contributed by atoms with E-state index in [2.05, 4.69) is 23.8 Å². The highest BCUT2D eigenvalue weighted by Crippen LogP contribution is 2.10. The van der Waals surface area contributed by atoms with Crippen LogP contribution in [0.3, 0.4) is 0 Å². The van der Waals surface area contributed by atoms with E-state index in [9.17, 15) is 0 Å². The predicted octanol–water partition coefficient (Wildman–Crippen LogP) is 1.10. The fourth-order valence-electron chi connectivity index (χ4n) is 1.82. The van der Waals surface area contributed by atoms with Crippen molar-refractivity contribution in [1.82, 2.24) is 10.2 Å². The summed E-state index contributed by atoms with van der Waals surface area (Å²) in [6.07, 6.45) is 4.69. The van der Waals surface area contributed by atoms with Gasteiger partial charge in [-0.25, -0.2) is 0 Å². The minimum absolute atomic E-state index is 0.851. The lowest BCUT2D eigenvalue weighted by Gasteiger charge is -2.26. The summed E-state index contributed by atoms with van der Waals surface area (Å²) in [5.41, 5.74) is 0. The summed E-state index contributed by atoms with van der Waals surface area (Å²) in [4.78, 5) is 2.34. The highest BCUT2D eigenvalue weighted by atomic mass is 15.1. The van der Waals surface area contributed by atoms with Gasteiger partial charge in [-0.3, -0.25) is 0 Å². The van der Waals surface area contributed by atoms with Gasteiger partial charge in [0.1, 0.15) is 0 Å². The zero-order chi connectivity index (χ0) is 8.81. The summed E-state index contributed by atoms with van der Waals surface area (Å²) in [5, 5.41) is 3.43. The minimum Gasteiger partial charge on any atom is -0.316 e. The first-order chi connectivity index (χ1) is 5.83. The second-order valence-corrected chi connectivity index (χ2v) is 3.72. The Hall–Kier alpha value is -0.340. The van der Waals surface area contributed by atoms with Crippen molar-refractivity contribution in [2.24, 2.45) is 5.92 Å². The van der Waals surface area contributed by atoms with Crippen LogP contribution >= 0.6 is 0 Å². The number of piperidine rings is 1. The number of rotatable bonds is 4. The van der Waals surface area contributed by atoms with E-state index in [0.717, 1.165) is 12.5 Å². The van der Waals surface area contributed by atoms with Gasteiger partial charge in [-0.15, -0.1) is 6.58 Å². The lowest BCUT2D eigenvalue weighted by molar-refractivity contribution is 0.260. The predicted molar refractivity (Wildman–Crippen MR) is 53.3 cm³/mol. The quantitative estimate of drug-likeness (QED) is 0.632. The van der Waals surface area contributed by atoms with Gasteiger partial charge in [-0.2, -0.15) is 0 Å². The standard InChI is InChI=1S/C10H20N2/c1-3-7-12(2)9-10-5-4-6-11-8-10/h3,10-11H,1,4-9H2,2H3. The van der Waals surface area contributed by atoms with Crippen LogP contribution in [0.15, 0.2) is 12.7 Å². The Labute approximate surface area is 75.6 Å². The van der Waals surface area contributed by atoms with Gasteiger partial charge in [0.25, 0.3) is 0 Å². The number of hydrogen-bond donors (Lipinski definition) is 1. The molecular formula is C10H20N2. The highest BCUT2D eigenvalue weighted by molar-refractivity contribution is 4.76. The molecule has 0 aromatic heterocycles. The first-order valence-electron chi connectivity index (χ1n) is 4.83. The van der Waals surface area contributed by atoms with Crippen LogP contribution in [-0.2, 0) is 0 Å². The van der Waals surface area contributed by atoms with Gasteiger partial charge in [0.2, 0.25) is 0 Å². The Morgan fingerprint density at radius 1 is 1.67 bits per heavy atom. The molecule has 0 amide bonds. The Kier molecular flexibility index (Phi) is 4.33. The van der Waals surface area contributed by atoms with Gasteiger partial charge in [0.15, 0.2) is 0 Å². The van der Waals surface area contributed by atoms with Crippen LogP contribution < -0.4 is 5.32 Å². The van der Waals surface area contributed by atoms with Crippen molar-refractivity contribution in [2.45, 2.75) is 12.8 Å². The maximum atomic E-state index is 3.74. The van der Waals surface area contributed by atoms with Crippen molar-refractivity contribution < 1.29 is 0 Å². The summed E-state index contributed by atoms with van der Waals surface area (Å²) < 4.78 is 0. The molecule has 1 fully saturated rings. The lowest BCUT2D eigenvalue weighted by Crippen LogP contribution is -2.36. The molecule has 1 unspecified atom stereocenters. The molecule has 0 aliphatic carbocycles. The van der Waals surface area contributed by atoms with E-state index in [1.54, 1.807) is 0 Å². The van der Waals surface area contributed by atoms with Crippen molar-refractivity contribution in [3.63, 3.8) is 0 Å². The average molecular weight is 168 g/mol. The zero-order valence-electron chi connectivity index (χ0n) is 8.05. The summed E-state index contributed by atoms with van der Waals surface area (Å²) in [6.45, 7) is 8.36. The molecule has 1 heterocycles. The number of hydrogen-bond acceptors (Lipinski definition) is 2. The van der Waals surface area contributed by atoms with E-state index < -0.39 is 0 Å². The molecule has 0 radical (unpaired) electrons. The van der Waals surface area contributed by atoms with Gasteiger partial charge in [0.05, 0.1) is 0 Å². The third-order valence-corrected chi connectivity index (χ3v) is 2.41. The van der Waals surface area contributed by atoms with Crippen molar-refractivity contribution >= 4 is 0 Å². The Morgan fingerprint density at radius 3 is 3.08 bits per heavy atom. The van der Waals surface area contributed by atoms with Gasteiger partial charge < -0.3 is 10.2 Å². The van der Waals surface area contributed by atoms with E-state index in [4.69, 9.17) is 0 Å². The molecule has 70 valence electrons. The second-order valence-electron chi connectivity index (χ2n) is 3.72. The second kappa shape index (κ2) is 5.33. The van der Waals surface area contributed by atoms with Gasteiger partial charge >= 0.3 is 0 Å². The Balaban J connectivity index is 2.15. The van der Waals surface area contributed by atoms with Crippen LogP contribution in [0.4, 0.5) is 0 Å². The van der Waals surface area contributed by atoms with E-state index in [1.807, 2.05) is 6.08 Å². The summed E-state index contributed by atoms with van der Waals surface area (Å²) in [6, 6.07) is 0. The van der Waals surface area contributed by atoms with E-state index >= 15 is 0 Å². The molecule has 0 aromatic carbocycles. The van der Waals surface area contributed by atoms with Crippen LogP contribution in [0.25, 0.3) is 0 Å². The molecule has 2 nitrogen and oxygen atoms in total. The number of likely N-dealkylation sites (N-methyl/N-ethyl adjacent to an activating group) is 1. The van der Waals surface area contributed by atoms with Crippen molar-refractivity contribution in [2.75, 3.05) is 33.2 Å².